The lowest BCUT2D eigenvalue weighted by molar-refractivity contribution is 0.174. The first kappa shape index (κ1) is 18.4. The zero-order valence-electron chi connectivity index (χ0n) is 16.1. The maximum Gasteiger partial charge on any atom is 0.231 e. The maximum absolute atomic E-state index is 5.89. The fourth-order valence-electron chi connectivity index (χ4n) is 4.50. The average Bonchev–Trinajstić information content (AvgIpc) is 3.37. The van der Waals surface area contributed by atoms with Gasteiger partial charge < -0.3 is 25.8 Å². The van der Waals surface area contributed by atoms with E-state index in [2.05, 4.69) is 10.6 Å². The molecule has 0 amide bonds. The molecule has 1 aromatic carbocycles. The van der Waals surface area contributed by atoms with E-state index in [9.17, 15) is 0 Å². The van der Waals surface area contributed by atoms with Crippen LogP contribution in [0.2, 0.25) is 0 Å². The van der Waals surface area contributed by atoms with E-state index in [4.69, 9.17) is 20.2 Å². The molecule has 0 bridgehead atoms. The van der Waals surface area contributed by atoms with Crippen molar-refractivity contribution in [2.24, 2.45) is 22.6 Å². The van der Waals surface area contributed by atoms with Crippen LogP contribution in [-0.4, -0.2) is 31.9 Å². The third-order valence-corrected chi connectivity index (χ3v) is 6.06. The smallest absolute Gasteiger partial charge is 0.231 e. The summed E-state index contributed by atoms with van der Waals surface area (Å²) >= 11 is 0. The number of aliphatic imine (C=N–C) groups is 1. The number of ether oxygens (including phenoxy) is 2. The number of guanidine groups is 1. The second-order valence-electron chi connectivity index (χ2n) is 8.14. The van der Waals surface area contributed by atoms with E-state index in [-0.39, 0.29) is 0 Å². The lowest BCUT2D eigenvalue weighted by atomic mass is 9.81. The van der Waals surface area contributed by atoms with Gasteiger partial charge in [0, 0.05) is 24.3 Å². The Morgan fingerprint density at radius 1 is 1.04 bits per heavy atom. The van der Waals surface area contributed by atoms with Crippen LogP contribution < -0.4 is 25.8 Å². The van der Waals surface area contributed by atoms with E-state index < -0.39 is 0 Å². The number of hydrogen-bond acceptors (Lipinski definition) is 4. The monoisotopic (exact) mass is 372 g/mol. The normalized spacial score (nSPS) is 25.6. The van der Waals surface area contributed by atoms with Gasteiger partial charge in [0.25, 0.3) is 0 Å². The van der Waals surface area contributed by atoms with Gasteiger partial charge in [-0.15, -0.1) is 0 Å². The first-order valence-corrected chi connectivity index (χ1v) is 10.5. The van der Waals surface area contributed by atoms with Crippen LogP contribution >= 0.6 is 0 Å². The molecule has 148 valence electrons. The fourth-order valence-corrected chi connectivity index (χ4v) is 4.50. The first-order chi connectivity index (χ1) is 13.3. The molecule has 0 radical (unpaired) electrons. The van der Waals surface area contributed by atoms with Gasteiger partial charge in [-0.25, -0.2) is 0 Å². The highest BCUT2D eigenvalue weighted by Gasteiger charge is 2.22. The predicted octanol–water partition coefficient (Wildman–Crippen LogP) is 3.48. The quantitative estimate of drug-likeness (QED) is 0.545. The van der Waals surface area contributed by atoms with Crippen LogP contribution in [0, 0.1) is 11.8 Å². The molecular weight excluding hydrogens is 340 g/mol. The number of fused-ring (bicyclic) bond motifs is 1. The van der Waals surface area contributed by atoms with E-state index in [1.807, 2.05) is 18.2 Å². The van der Waals surface area contributed by atoms with Crippen LogP contribution in [0.25, 0.3) is 0 Å². The van der Waals surface area contributed by atoms with Gasteiger partial charge in [-0.2, -0.15) is 0 Å². The zero-order valence-corrected chi connectivity index (χ0v) is 16.1. The second-order valence-corrected chi connectivity index (χ2v) is 8.14. The molecule has 6 heteroatoms. The highest BCUT2D eigenvalue weighted by Crippen LogP contribution is 2.34. The Balaban J connectivity index is 1.42. The molecule has 2 aliphatic carbocycles. The van der Waals surface area contributed by atoms with E-state index >= 15 is 0 Å². The minimum atomic E-state index is 0.296. The van der Waals surface area contributed by atoms with Crippen molar-refractivity contribution >= 4 is 11.6 Å². The van der Waals surface area contributed by atoms with Crippen molar-refractivity contribution in [2.75, 3.05) is 25.2 Å². The molecule has 27 heavy (non-hydrogen) atoms. The van der Waals surface area contributed by atoms with E-state index in [0.29, 0.717) is 24.7 Å². The molecule has 2 fully saturated rings. The first-order valence-electron chi connectivity index (χ1n) is 10.5. The van der Waals surface area contributed by atoms with Crippen molar-refractivity contribution < 1.29 is 9.47 Å². The van der Waals surface area contributed by atoms with Crippen molar-refractivity contribution in [1.82, 2.24) is 5.32 Å². The van der Waals surface area contributed by atoms with Crippen molar-refractivity contribution in [2.45, 2.75) is 57.4 Å². The molecule has 0 spiro atoms. The molecule has 3 aliphatic rings. The predicted molar refractivity (Wildman–Crippen MR) is 108 cm³/mol. The van der Waals surface area contributed by atoms with Crippen molar-refractivity contribution in [3.05, 3.63) is 18.2 Å². The summed E-state index contributed by atoms with van der Waals surface area (Å²) in [6, 6.07) is 6.47. The minimum absolute atomic E-state index is 0.296. The van der Waals surface area contributed by atoms with Gasteiger partial charge >= 0.3 is 0 Å². The molecule has 4 N–H and O–H groups in total. The van der Waals surface area contributed by atoms with E-state index in [0.717, 1.165) is 36.2 Å². The molecule has 0 aromatic heterocycles. The van der Waals surface area contributed by atoms with Crippen LogP contribution in [0.5, 0.6) is 11.5 Å². The number of rotatable bonds is 5. The Morgan fingerprint density at radius 2 is 1.85 bits per heavy atom. The molecule has 2 unspecified atom stereocenters. The summed E-state index contributed by atoms with van der Waals surface area (Å²) in [6.07, 6.45) is 10.1. The topological polar surface area (TPSA) is 80.9 Å². The van der Waals surface area contributed by atoms with Gasteiger partial charge in [0.05, 0.1) is 0 Å². The molecule has 1 aromatic rings. The Labute approximate surface area is 161 Å². The van der Waals surface area contributed by atoms with E-state index in [1.54, 1.807) is 0 Å². The summed E-state index contributed by atoms with van der Waals surface area (Å²) in [6.45, 7) is 1.97. The maximum atomic E-state index is 5.89. The van der Waals surface area contributed by atoms with Crippen LogP contribution in [0.15, 0.2) is 23.2 Å². The summed E-state index contributed by atoms with van der Waals surface area (Å²) in [4.78, 5) is 4.95. The van der Waals surface area contributed by atoms with Crippen LogP contribution in [0.4, 0.5) is 5.69 Å². The third kappa shape index (κ3) is 4.86. The summed E-state index contributed by atoms with van der Waals surface area (Å²) in [5.74, 6) is 3.80. The van der Waals surface area contributed by atoms with Gasteiger partial charge in [-0.3, -0.25) is 4.99 Å². The molecular formula is C21H32N4O2. The van der Waals surface area contributed by atoms with Gasteiger partial charge in [0.15, 0.2) is 17.5 Å². The third-order valence-electron chi connectivity index (χ3n) is 6.06. The summed E-state index contributed by atoms with van der Waals surface area (Å²) < 4.78 is 10.9. The number of nitrogens with zero attached hydrogens (tertiary/aromatic N) is 1. The molecule has 2 saturated carbocycles. The number of nitrogens with one attached hydrogen (secondary N) is 2. The van der Waals surface area contributed by atoms with Crippen molar-refractivity contribution in [1.29, 1.82) is 0 Å². The zero-order chi connectivity index (χ0) is 18.5. The average molecular weight is 373 g/mol. The molecule has 1 heterocycles. The minimum Gasteiger partial charge on any atom is -0.454 e. The van der Waals surface area contributed by atoms with Crippen LogP contribution in [0.3, 0.4) is 0 Å². The van der Waals surface area contributed by atoms with Crippen molar-refractivity contribution in [3.63, 3.8) is 0 Å². The summed E-state index contributed by atoms with van der Waals surface area (Å²) in [5, 5.41) is 7.12. The fraction of sp³-hybridized carbons (Fsp3) is 0.667. The van der Waals surface area contributed by atoms with Gasteiger partial charge in [0.2, 0.25) is 6.79 Å². The second kappa shape index (κ2) is 8.83. The Kier molecular flexibility index (Phi) is 6.02. The lowest BCUT2D eigenvalue weighted by Gasteiger charge is -2.27. The molecule has 1 aliphatic heterocycles. The molecule has 6 nitrogen and oxygen atoms in total. The number of hydrogen-bond donors (Lipinski definition) is 3. The number of benzene rings is 1. The standard InChI is InChI=1S/C21H32N4O2/c22-12-15-4-3-5-16(10-15)13-23-21(24-17-6-1-2-7-17)25-18-8-9-19-20(11-18)27-14-26-19/h8-9,11,15-17H,1-7,10,12-14,22H2,(H2,23,24,25). The molecule has 4 rings (SSSR count). The molecule has 2 atom stereocenters. The van der Waals surface area contributed by atoms with Gasteiger partial charge in [-0.1, -0.05) is 19.3 Å². The highest BCUT2D eigenvalue weighted by atomic mass is 16.7. The summed E-state index contributed by atoms with van der Waals surface area (Å²) in [7, 11) is 0. The summed E-state index contributed by atoms with van der Waals surface area (Å²) in [5.41, 5.74) is 6.87. The number of anilines is 1. The largest absolute Gasteiger partial charge is 0.454 e. The van der Waals surface area contributed by atoms with Crippen LogP contribution in [-0.2, 0) is 0 Å². The highest BCUT2D eigenvalue weighted by molar-refractivity contribution is 5.94. The molecule has 0 saturated heterocycles. The number of nitrogens with two attached hydrogens (primary N) is 1. The lowest BCUT2D eigenvalue weighted by Crippen LogP contribution is -2.38. The Bertz CT molecular complexity index is 658. The van der Waals surface area contributed by atoms with Gasteiger partial charge in [0.1, 0.15) is 0 Å². The van der Waals surface area contributed by atoms with E-state index in [1.165, 1.54) is 51.4 Å². The Hall–Kier alpha value is -1.95. The van der Waals surface area contributed by atoms with Gasteiger partial charge in [-0.05, 0) is 62.6 Å². The van der Waals surface area contributed by atoms with Crippen molar-refractivity contribution in [3.8, 4) is 11.5 Å². The van der Waals surface area contributed by atoms with Crippen LogP contribution in [0.1, 0.15) is 51.4 Å². The Morgan fingerprint density at radius 3 is 2.70 bits per heavy atom. The SMILES string of the molecule is NCC1CCCC(CN=C(Nc2ccc3c(c2)OCO3)NC2CCCC2)C1.